The van der Waals surface area contributed by atoms with E-state index in [1.54, 1.807) is 4.90 Å². The van der Waals surface area contributed by atoms with Gasteiger partial charge in [-0.05, 0) is 30.7 Å². The maximum atomic E-state index is 12.5. The van der Waals surface area contributed by atoms with Gasteiger partial charge in [-0.25, -0.2) is 8.42 Å². The first-order chi connectivity index (χ1) is 11.2. The Balaban J connectivity index is 2.05. The number of hydrogen-bond donors (Lipinski definition) is 2. The second kappa shape index (κ2) is 7.29. The normalized spacial score (nSPS) is 18.0. The molecule has 0 radical (unpaired) electrons. The number of nitrogens with two attached hydrogens (primary N) is 1. The molecule has 1 aliphatic heterocycles. The van der Waals surface area contributed by atoms with Crippen LogP contribution in [-0.4, -0.2) is 62.2 Å². The Hall–Kier alpha value is -1.97. The molecule has 132 valence electrons. The van der Waals surface area contributed by atoms with Crippen LogP contribution in [0.4, 0.5) is 5.69 Å². The van der Waals surface area contributed by atoms with E-state index in [9.17, 15) is 18.0 Å². The molecule has 3 N–H and O–H groups in total. The SMILES string of the molecule is CC(=O)Nc1ccc(S(=O)(=O)N(C)CC(=O)N2CC[C@@H](N)C2)cc1. The van der Waals surface area contributed by atoms with E-state index >= 15 is 0 Å². The van der Waals surface area contributed by atoms with E-state index in [2.05, 4.69) is 5.32 Å². The Morgan fingerprint density at radius 3 is 2.46 bits per heavy atom. The second-order valence-electron chi connectivity index (χ2n) is 5.86. The first-order valence-electron chi connectivity index (χ1n) is 7.57. The molecule has 1 atom stereocenters. The van der Waals surface area contributed by atoms with E-state index in [4.69, 9.17) is 5.73 Å². The van der Waals surface area contributed by atoms with Gasteiger partial charge in [0.2, 0.25) is 21.8 Å². The number of carbonyl (C=O) groups excluding carboxylic acids is 2. The van der Waals surface area contributed by atoms with Crippen molar-refractivity contribution in [1.82, 2.24) is 9.21 Å². The molecule has 24 heavy (non-hydrogen) atoms. The Morgan fingerprint density at radius 2 is 1.96 bits per heavy atom. The number of carbonyl (C=O) groups is 2. The van der Waals surface area contributed by atoms with Gasteiger partial charge >= 0.3 is 0 Å². The van der Waals surface area contributed by atoms with Crippen molar-refractivity contribution < 1.29 is 18.0 Å². The zero-order valence-electron chi connectivity index (χ0n) is 13.7. The molecule has 1 saturated heterocycles. The minimum atomic E-state index is -3.78. The van der Waals surface area contributed by atoms with E-state index in [0.717, 1.165) is 10.7 Å². The molecule has 2 amide bonds. The zero-order valence-corrected chi connectivity index (χ0v) is 14.5. The second-order valence-corrected chi connectivity index (χ2v) is 7.90. The summed E-state index contributed by atoms with van der Waals surface area (Å²) in [6.45, 7) is 2.15. The Morgan fingerprint density at radius 1 is 1.33 bits per heavy atom. The average molecular weight is 354 g/mol. The molecule has 0 saturated carbocycles. The standard InChI is InChI=1S/C15H22N4O4S/c1-11(20)17-13-3-5-14(6-4-13)24(22,23)18(2)10-15(21)19-8-7-12(16)9-19/h3-6,12H,7-10,16H2,1-2H3,(H,17,20)/t12-/m1/s1. The fourth-order valence-electron chi connectivity index (χ4n) is 2.48. The summed E-state index contributed by atoms with van der Waals surface area (Å²) in [4.78, 5) is 24.8. The molecule has 1 fully saturated rings. The number of likely N-dealkylation sites (tertiary alicyclic amines) is 1. The summed E-state index contributed by atoms with van der Waals surface area (Å²) >= 11 is 0. The molecule has 0 unspecified atom stereocenters. The van der Waals surface area contributed by atoms with Crippen LogP contribution in [0.2, 0.25) is 0 Å². The quantitative estimate of drug-likeness (QED) is 0.762. The third kappa shape index (κ3) is 4.31. The average Bonchev–Trinajstić information content (AvgIpc) is 2.93. The highest BCUT2D eigenvalue weighted by molar-refractivity contribution is 7.89. The topological polar surface area (TPSA) is 113 Å². The first-order valence-corrected chi connectivity index (χ1v) is 9.01. The van der Waals surface area contributed by atoms with E-state index in [1.807, 2.05) is 0 Å². The summed E-state index contributed by atoms with van der Waals surface area (Å²) in [5.74, 6) is -0.499. The number of nitrogens with one attached hydrogen (secondary N) is 1. The summed E-state index contributed by atoms with van der Waals surface area (Å²) in [5.41, 5.74) is 6.27. The molecule has 1 aliphatic rings. The highest BCUT2D eigenvalue weighted by Crippen LogP contribution is 2.18. The molecule has 1 aromatic carbocycles. The minimum Gasteiger partial charge on any atom is -0.340 e. The fraction of sp³-hybridized carbons (Fsp3) is 0.467. The van der Waals surface area contributed by atoms with Gasteiger partial charge in [-0.15, -0.1) is 0 Å². The van der Waals surface area contributed by atoms with Crippen molar-refractivity contribution in [3.8, 4) is 0 Å². The lowest BCUT2D eigenvalue weighted by atomic mass is 10.3. The van der Waals surface area contributed by atoms with Gasteiger partial charge < -0.3 is 16.0 Å². The van der Waals surface area contributed by atoms with Crippen LogP contribution in [0.25, 0.3) is 0 Å². The molecule has 0 aliphatic carbocycles. The number of nitrogens with zero attached hydrogens (tertiary/aromatic N) is 2. The number of hydrogen-bond acceptors (Lipinski definition) is 5. The van der Waals surface area contributed by atoms with Crippen LogP contribution in [0.5, 0.6) is 0 Å². The molecule has 2 rings (SSSR count). The van der Waals surface area contributed by atoms with Crippen LogP contribution < -0.4 is 11.1 Å². The number of sulfonamides is 1. The molecule has 0 spiro atoms. The van der Waals surface area contributed by atoms with Crippen molar-refractivity contribution >= 4 is 27.5 Å². The van der Waals surface area contributed by atoms with E-state index in [1.165, 1.54) is 38.2 Å². The van der Waals surface area contributed by atoms with Crippen LogP contribution in [0.1, 0.15) is 13.3 Å². The smallest absolute Gasteiger partial charge is 0.243 e. The summed E-state index contributed by atoms with van der Waals surface area (Å²) in [6.07, 6.45) is 0.729. The summed E-state index contributed by atoms with van der Waals surface area (Å²) in [7, 11) is -2.41. The number of benzene rings is 1. The maximum Gasteiger partial charge on any atom is 0.243 e. The highest BCUT2D eigenvalue weighted by Gasteiger charge is 2.28. The number of anilines is 1. The van der Waals surface area contributed by atoms with Gasteiger partial charge in [0.1, 0.15) is 0 Å². The van der Waals surface area contributed by atoms with Crippen molar-refractivity contribution in [2.24, 2.45) is 5.73 Å². The predicted octanol–water partition coefficient (Wildman–Crippen LogP) is -0.175. The van der Waals surface area contributed by atoms with E-state index < -0.39 is 10.0 Å². The van der Waals surface area contributed by atoms with Crippen LogP contribution in [0.3, 0.4) is 0 Å². The summed E-state index contributed by atoms with van der Waals surface area (Å²) in [6, 6.07) is 5.75. The van der Waals surface area contributed by atoms with Crippen molar-refractivity contribution in [1.29, 1.82) is 0 Å². The predicted molar refractivity (Wildman–Crippen MR) is 89.7 cm³/mol. The molecule has 8 nitrogen and oxygen atoms in total. The van der Waals surface area contributed by atoms with Gasteiger partial charge in [-0.1, -0.05) is 0 Å². The van der Waals surface area contributed by atoms with Crippen LogP contribution in [0, 0.1) is 0 Å². The van der Waals surface area contributed by atoms with Crippen LogP contribution in [0.15, 0.2) is 29.2 Å². The lowest BCUT2D eigenvalue weighted by Gasteiger charge is -2.21. The molecule has 9 heteroatoms. The summed E-state index contributed by atoms with van der Waals surface area (Å²) in [5, 5.41) is 2.57. The number of likely N-dealkylation sites (N-methyl/N-ethyl adjacent to an activating group) is 1. The lowest BCUT2D eigenvalue weighted by Crippen LogP contribution is -2.41. The fourth-order valence-corrected chi connectivity index (χ4v) is 3.60. The zero-order chi connectivity index (χ0) is 17.9. The Kier molecular flexibility index (Phi) is 5.58. The minimum absolute atomic E-state index is 0.0443. The van der Waals surface area contributed by atoms with E-state index in [-0.39, 0.29) is 29.3 Å². The molecular formula is C15H22N4O4S. The molecule has 1 heterocycles. The number of amides is 2. The highest BCUT2D eigenvalue weighted by atomic mass is 32.2. The Bertz CT molecular complexity index is 717. The van der Waals surface area contributed by atoms with Crippen molar-refractivity contribution in [3.05, 3.63) is 24.3 Å². The molecule has 1 aromatic rings. The number of rotatable bonds is 5. The monoisotopic (exact) mass is 354 g/mol. The van der Waals surface area contributed by atoms with Gasteiger partial charge in [-0.3, -0.25) is 9.59 Å². The third-order valence-electron chi connectivity index (χ3n) is 3.82. The van der Waals surface area contributed by atoms with Crippen LogP contribution >= 0.6 is 0 Å². The first kappa shape index (κ1) is 18.4. The van der Waals surface area contributed by atoms with E-state index in [0.29, 0.717) is 18.8 Å². The molecule has 0 bridgehead atoms. The van der Waals surface area contributed by atoms with Crippen molar-refractivity contribution in [2.75, 3.05) is 32.0 Å². The Labute approximate surface area is 141 Å². The van der Waals surface area contributed by atoms with Gasteiger partial charge in [0.15, 0.2) is 0 Å². The van der Waals surface area contributed by atoms with Crippen LogP contribution in [-0.2, 0) is 19.6 Å². The lowest BCUT2D eigenvalue weighted by molar-refractivity contribution is -0.130. The van der Waals surface area contributed by atoms with Gasteiger partial charge in [0, 0.05) is 38.8 Å². The van der Waals surface area contributed by atoms with Gasteiger partial charge in [-0.2, -0.15) is 4.31 Å². The van der Waals surface area contributed by atoms with Crippen molar-refractivity contribution in [3.63, 3.8) is 0 Å². The van der Waals surface area contributed by atoms with Gasteiger partial charge in [0.25, 0.3) is 0 Å². The maximum absolute atomic E-state index is 12.5. The molecular weight excluding hydrogens is 332 g/mol. The van der Waals surface area contributed by atoms with Crippen molar-refractivity contribution in [2.45, 2.75) is 24.3 Å². The third-order valence-corrected chi connectivity index (χ3v) is 5.64. The summed E-state index contributed by atoms with van der Waals surface area (Å²) < 4.78 is 26.1. The van der Waals surface area contributed by atoms with Gasteiger partial charge in [0.05, 0.1) is 11.4 Å². The molecule has 0 aromatic heterocycles. The largest absolute Gasteiger partial charge is 0.340 e.